The molecule has 0 amide bonds. The van der Waals surface area contributed by atoms with Crippen LogP contribution in [0.25, 0.3) is 5.69 Å². The van der Waals surface area contributed by atoms with E-state index in [1.54, 1.807) is 6.20 Å². The first-order valence-electron chi connectivity index (χ1n) is 7.70. The molecule has 0 saturated carbocycles. The molecule has 0 aliphatic rings. The second-order valence-corrected chi connectivity index (χ2v) is 5.20. The van der Waals surface area contributed by atoms with E-state index in [4.69, 9.17) is 4.74 Å². The van der Waals surface area contributed by atoms with Crippen molar-refractivity contribution in [1.29, 1.82) is 0 Å². The average Bonchev–Trinajstić information content (AvgIpc) is 3.05. The molecule has 1 N–H and O–H groups in total. The van der Waals surface area contributed by atoms with Crippen molar-refractivity contribution >= 4 is 0 Å². The molecule has 0 aliphatic carbocycles. The molecule has 0 fully saturated rings. The number of rotatable bonds is 9. The Hall–Kier alpha value is -1.65. The third kappa shape index (κ3) is 4.99. The van der Waals surface area contributed by atoms with Gasteiger partial charge in [0.1, 0.15) is 0 Å². The first-order valence-corrected chi connectivity index (χ1v) is 7.70. The molecule has 0 saturated heterocycles. The largest absolute Gasteiger partial charge is 0.380 e. The van der Waals surface area contributed by atoms with Gasteiger partial charge in [0.25, 0.3) is 0 Å². The van der Waals surface area contributed by atoms with Crippen LogP contribution in [0.2, 0.25) is 0 Å². The first-order chi connectivity index (χ1) is 10.3. The van der Waals surface area contributed by atoms with E-state index >= 15 is 0 Å². The summed E-state index contributed by atoms with van der Waals surface area (Å²) in [5.41, 5.74) is 2.42. The third-order valence-electron chi connectivity index (χ3n) is 3.53. The summed E-state index contributed by atoms with van der Waals surface area (Å²) in [6, 6.07) is 8.88. The van der Waals surface area contributed by atoms with Gasteiger partial charge in [-0.15, -0.1) is 0 Å². The van der Waals surface area contributed by atoms with E-state index in [-0.39, 0.29) is 0 Å². The minimum Gasteiger partial charge on any atom is -0.380 e. The van der Waals surface area contributed by atoms with Gasteiger partial charge in [-0.3, -0.25) is 0 Å². The predicted molar refractivity (Wildman–Crippen MR) is 85.7 cm³/mol. The lowest BCUT2D eigenvalue weighted by molar-refractivity contribution is 0.131. The molecular weight excluding hydrogens is 262 g/mol. The number of imidazole rings is 1. The van der Waals surface area contributed by atoms with Gasteiger partial charge in [0.05, 0.1) is 12.9 Å². The van der Waals surface area contributed by atoms with Gasteiger partial charge in [-0.25, -0.2) is 4.98 Å². The number of hydrogen-bond donors (Lipinski definition) is 1. The average molecular weight is 287 g/mol. The van der Waals surface area contributed by atoms with Gasteiger partial charge in [-0.2, -0.15) is 0 Å². The van der Waals surface area contributed by atoms with Crippen LogP contribution in [0.1, 0.15) is 38.3 Å². The second kappa shape index (κ2) is 8.60. The Bertz CT molecular complexity index is 493. The van der Waals surface area contributed by atoms with E-state index in [1.165, 1.54) is 12.0 Å². The number of unbranched alkanes of at least 4 members (excludes halogenated alkanes) is 1. The van der Waals surface area contributed by atoms with E-state index in [0.717, 1.165) is 31.9 Å². The van der Waals surface area contributed by atoms with Crippen LogP contribution in [0.5, 0.6) is 0 Å². The molecule has 0 spiro atoms. The van der Waals surface area contributed by atoms with Gasteiger partial charge in [-0.1, -0.05) is 25.5 Å². The van der Waals surface area contributed by atoms with Crippen LogP contribution in [0, 0.1) is 0 Å². The van der Waals surface area contributed by atoms with Crippen molar-refractivity contribution in [3.05, 3.63) is 48.5 Å². The van der Waals surface area contributed by atoms with E-state index in [0.29, 0.717) is 6.04 Å². The summed E-state index contributed by atoms with van der Waals surface area (Å²) in [6.45, 7) is 6.88. The second-order valence-electron chi connectivity index (χ2n) is 5.20. The first kappa shape index (κ1) is 15.7. The number of benzene rings is 1. The normalized spacial score (nSPS) is 12.5. The molecule has 0 bridgehead atoms. The molecule has 2 aromatic rings. The minimum atomic E-state index is 0.330. The predicted octanol–water partition coefficient (Wildman–Crippen LogP) is 3.34. The fraction of sp³-hybridized carbons (Fsp3) is 0.471. The molecule has 0 aliphatic heterocycles. The standard InChI is InChI=1S/C17H25N3O/c1-3-4-12-21-13-10-19-15(2)16-5-7-17(8-6-16)20-11-9-18-14-20/h5-9,11,14-15,19H,3-4,10,12-13H2,1-2H3. The van der Waals surface area contributed by atoms with Gasteiger partial charge in [0, 0.05) is 37.3 Å². The topological polar surface area (TPSA) is 39.1 Å². The summed E-state index contributed by atoms with van der Waals surface area (Å²) >= 11 is 0. The van der Waals surface area contributed by atoms with Crippen molar-refractivity contribution in [2.24, 2.45) is 0 Å². The van der Waals surface area contributed by atoms with E-state index in [2.05, 4.69) is 48.4 Å². The van der Waals surface area contributed by atoms with Crippen molar-refractivity contribution in [3.8, 4) is 5.69 Å². The quantitative estimate of drug-likeness (QED) is 0.719. The number of aromatic nitrogens is 2. The lowest BCUT2D eigenvalue weighted by atomic mass is 10.1. The number of ether oxygens (including phenoxy) is 1. The molecule has 0 radical (unpaired) electrons. The maximum atomic E-state index is 5.56. The summed E-state index contributed by atoms with van der Waals surface area (Å²) in [6.07, 6.45) is 7.88. The smallest absolute Gasteiger partial charge is 0.0991 e. The highest BCUT2D eigenvalue weighted by molar-refractivity contribution is 5.35. The molecule has 4 nitrogen and oxygen atoms in total. The molecule has 2 rings (SSSR count). The summed E-state index contributed by atoms with van der Waals surface area (Å²) in [7, 11) is 0. The lowest BCUT2D eigenvalue weighted by Crippen LogP contribution is -2.23. The van der Waals surface area contributed by atoms with Gasteiger partial charge in [0.15, 0.2) is 0 Å². The summed E-state index contributed by atoms with van der Waals surface area (Å²) in [5.74, 6) is 0. The van der Waals surface area contributed by atoms with Crippen molar-refractivity contribution in [1.82, 2.24) is 14.9 Å². The molecule has 1 heterocycles. The van der Waals surface area contributed by atoms with Crippen LogP contribution < -0.4 is 5.32 Å². The molecule has 1 aromatic carbocycles. The summed E-state index contributed by atoms with van der Waals surface area (Å²) in [5, 5.41) is 3.49. The fourth-order valence-corrected chi connectivity index (χ4v) is 2.16. The van der Waals surface area contributed by atoms with Gasteiger partial charge in [0.2, 0.25) is 0 Å². The van der Waals surface area contributed by atoms with Crippen LogP contribution in [-0.2, 0) is 4.74 Å². The molecule has 114 valence electrons. The molecule has 1 unspecified atom stereocenters. The van der Waals surface area contributed by atoms with Crippen LogP contribution in [0.4, 0.5) is 0 Å². The van der Waals surface area contributed by atoms with Crippen molar-refractivity contribution in [2.45, 2.75) is 32.7 Å². The molecule has 1 aromatic heterocycles. The summed E-state index contributed by atoms with van der Waals surface area (Å²) in [4.78, 5) is 4.06. The third-order valence-corrected chi connectivity index (χ3v) is 3.53. The van der Waals surface area contributed by atoms with E-state index < -0.39 is 0 Å². The van der Waals surface area contributed by atoms with Crippen LogP contribution >= 0.6 is 0 Å². The zero-order chi connectivity index (χ0) is 14.9. The van der Waals surface area contributed by atoms with Crippen LogP contribution in [-0.4, -0.2) is 29.3 Å². The van der Waals surface area contributed by atoms with Crippen LogP contribution in [0.15, 0.2) is 43.0 Å². The Labute approximate surface area is 127 Å². The van der Waals surface area contributed by atoms with Gasteiger partial charge in [-0.05, 0) is 31.0 Å². The highest BCUT2D eigenvalue weighted by Gasteiger charge is 2.04. The highest BCUT2D eigenvalue weighted by atomic mass is 16.5. The number of nitrogens with zero attached hydrogens (tertiary/aromatic N) is 2. The Morgan fingerprint density at radius 3 is 2.71 bits per heavy atom. The monoisotopic (exact) mass is 287 g/mol. The Kier molecular flexibility index (Phi) is 6.44. The van der Waals surface area contributed by atoms with E-state index in [9.17, 15) is 0 Å². The Balaban J connectivity index is 1.76. The zero-order valence-corrected chi connectivity index (χ0v) is 13.0. The van der Waals surface area contributed by atoms with Gasteiger partial charge < -0.3 is 14.6 Å². The maximum Gasteiger partial charge on any atom is 0.0991 e. The van der Waals surface area contributed by atoms with Gasteiger partial charge >= 0.3 is 0 Å². The lowest BCUT2D eigenvalue weighted by Gasteiger charge is -2.15. The molecular formula is C17H25N3O. The Morgan fingerprint density at radius 2 is 2.05 bits per heavy atom. The maximum absolute atomic E-state index is 5.56. The van der Waals surface area contributed by atoms with Crippen molar-refractivity contribution in [2.75, 3.05) is 19.8 Å². The van der Waals surface area contributed by atoms with Crippen molar-refractivity contribution in [3.63, 3.8) is 0 Å². The van der Waals surface area contributed by atoms with Crippen LogP contribution in [0.3, 0.4) is 0 Å². The highest BCUT2D eigenvalue weighted by Crippen LogP contribution is 2.15. The molecule has 1 atom stereocenters. The van der Waals surface area contributed by atoms with Crippen molar-refractivity contribution < 1.29 is 4.74 Å². The number of nitrogens with one attached hydrogen (secondary N) is 1. The fourth-order valence-electron chi connectivity index (χ4n) is 2.16. The zero-order valence-electron chi connectivity index (χ0n) is 13.0. The Morgan fingerprint density at radius 1 is 1.24 bits per heavy atom. The molecule has 4 heteroatoms. The molecule has 21 heavy (non-hydrogen) atoms. The number of hydrogen-bond acceptors (Lipinski definition) is 3. The van der Waals surface area contributed by atoms with E-state index in [1.807, 2.05) is 17.1 Å². The minimum absolute atomic E-state index is 0.330. The summed E-state index contributed by atoms with van der Waals surface area (Å²) < 4.78 is 7.56. The SMILES string of the molecule is CCCCOCCNC(C)c1ccc(-n2ccnc2)cc1.